The van der Waals surface area contributed by atoms with Crippen molar-refractivity contribution < 1.29 is 5.11 Å². The van der Waals surface area contributed by atoms with Crippen molar-refractivity contribution in [2.45, 2.75) is 13.8 Å². The van der Waals surface area contributed by atoms with Gasteiger partial charge in [-0.2, -0.15) is 0 Å². The van der Waals surface area contributed by atoms with E-state index in [0.717, 1.165) is 28.2 Å². The summed E-state index contributed by atoms with van der Waals surface area (Å²) >= 11 is 0. The number of benzene rings is 1. The van der Waals surface area contributed by atoms with Gasteiger partial charge >= 0.3 is 0 Å². The summed E-state index contributed by atoms with van der Waals surface area (Å²) in [4.78, 5) is 20.9. The second-order valence-corrected chi connectivity index (χ2v) is 6.83. The Morgan fingerprint density at radius 3 is 2.68 bits per heavy atom. The molecule has 0 unspecified atom stereocenters. The van der Waals surface area contributed by atoms with Crippen LogP contribution in [-0.4, -0.2) is 35.7 Å². The van der Waals surface area contributed by atoms with Crippen molar-refractivity contribution in [2.24, 2.45) is 0 Å². The van der Waals surface area contributed by atoms with Gasteiger partial charge in [0.05, 0.1) is 11.3 Å². The van der Waals surface area contributed by atoms with Crippen LogP contribution in [-0.2, 0) is 0 Å². The number of hydrogen-bond donors (Lipinski definition) is 4. The summed E-state index contributed by atoms with van der Waals surface area (Å²) in [6, 6.07) is 11.3. The van der Waals surface area contributed by atoms with E-state index in [1.165, 1.54) is 6.33 Å². The van der Waals surface area contributed by atoms with E-state index in [-0.39, 0.29) is 17.2 Å². The molecule has 154 valence electrons. The molecule has 9 heteroatoms. The highest BCUT2D eigenvalue weighted by Crippen LogP contribution is 2.28. The number of pyridine rings is 1. The maximum absolute atomic E-state index is 9.99. The molecular formula is C22H20N8O. The van der Waals surface area contributed by atoms with Crippen molar-refractivity contribution in [3.8, 4) is 17.1 Å². The Hall–Kier alpha value is -4.40. The topological polar surface area (TPSA) is 133 Å². The van der Waals surface area contributed by atoms with Crippen molar-refractivity contribution in [1.29, 1.82) is 5.41 Å². The molecule has 0 saturated heterocycles. The zero-order valence-corrected chi connectivity index (χ0v) is 17.0. The van der Waals surface area contributed by atoms with Gasteiger partial charge in [-0.1, -0.05) is 6.07 Å². The molecule has 4 N–H and O–H groups in total. The number of hydrogen-bond acceptors (Lipinski definition) is 9. The van der Waals surface area contributed by atoms with Gasteiger partial charge in [-0.15, -0.1) is 0 Å². The van der Waals surface area contributed by atoms with Gasteiger partial charge in [0.2, 0.25) is 11.8 Å². The van der Waals surface area contributed by atoms with E-state index in [0.29, 0.717) is 11.8 Å². The molecule has 9 nitrogen and oxygen atoms in total. The van der Waals surface area contributed by atoms with Gasteiger partial charge in [0.15, 0.2) is 0 Å². The Balaban J connectivity index is 1.62. The van der Waals surface area contributed by atoms with Gasteiger partial charge < -0.3 is 21.1 Å². The zero-order chi connectivity index (χ0) is 21.8. The molecule has 0 radical (unpaired) electrons. The van der Waals surface area contributed by atoms with Crippen LogP contribution in [0.3, 0.4) is 0 Å². The summed E-state index contributed by atoms with van der Waals surface area (Å²) in [5.74, 6) is 0.568. The second-order valence-electron chi connectivity index (χ2n) is 6.83. The van der Waals surface area contributed by atoms with Crippen molar-refractivity contribution >= 4 is 28.9 Å². The fraction of sp³-hybridized carbons (Fsp3) is 0.0909. The Labute approximate surface area is 178 Å². The van der Waals surface area contributed by atoms with E-state index in [1.807, 2.05) is 43.3 Å². The van der Waals surface area contributed by atoms with Crippen LogP contribution in [0.5, 0.6) is 5.88 Å². The van der Waals surface area contributed by atoms with Crippen LogP contribution in [0.4, 0.5) is 23.1 Å². The Morgan fingerprint density at radius 2 is 1.90 bits per heavy atom. The summed E-state index contributed by atoms with van der Waals surface area (Å²) in [5.41, 5.74) is 4.60. The lowest BCUT2D eigenvalue weighted by Crippen LogP contribution is -2.05. The highest BCUT2D eigenvalue weighted by atomic mass is 16.3. The molecule has 1 aromatic carbocycles. The Bertz CT molecular complexity index is 1240. The first kappa shape index (κ1) is 19.9. The average molecular weight is 412 g/mol. The number of aromatic hydroxyl groups is 1. The summed E-state index contributed by atoms with van der Waals surface area (Å²) in [7, 11) is 0. The molecule has 0 fully saturated rings. The molecule has 3 heterocycles. The van der Waals surface area contributed by atoms with E-state index < -0.39 is 0 Å². The quantitative estimate of drug-likeness (QED) is 0.346. The van der Waals surface area contributed by atoms with E-state index >= 15 is 0 Å². The number of anilines is 4. The Kier molecular flexibility index (Phi) is 5.48. The second kappa shape index (κ2) is 8.54. The minimum absolute atomic E-state index is 0.159. The van der Waals surface area contributed by atoms with Crippen LogP contribution in [0.15, 0.2) is 61.3 Å². The van der Waals surface area contributed by atoms with Gasteiger partial charge in [0.1, 0.15) is 12.1 Å². The molecule has 4 rings (SSSR count). The van der Waals surface area contributed by atoms with Crippen molar-refractivity contribution in [1.82, 2.24) is 24.9 Å². The molecule has 0 aliphatic heterocycles. The number of aryl methyl sites for hydroxylation is 1. The summed E-state index contributed by atoms with van der Waals surface area (Å²) in [6.07, 6.45) is 6.41. The summed E-state index contributed by atoms with van der Waals surface area (Å²) < 4.78 is 0. The van der Waals surface area contributed by atoms with Crippen LogP contribution in [0.25, 0.3) is 11.3 Å². The van der Waals surface area contributed by atoms with Gasteiger partial charge in [-0.05, 0) is 49.7 Å². The summed E-state index contributed by atoms with van der Waals surface area (Å²) in [5, 5.41) is 24.3. The van der Waals surface area contributed by atoms with Gasteiger partial charge in [-0.25, -0.2) is 19.9 Å². The molecule has 0 aliphatic rings. The highest BCUT2D eigenvalue weighted by molar-refractivity contribution is 6.03. The lowest BCUT2D eigenvalue weighted by molar-refractivity contribution is 0.451. The van der Waals surface area contributed by atoms with Crippen LogP contribution < -0.4 is 10.6 Å². The minimum Gasteiger partial charge on any atom is -0.493 e. The van der Waals surface area contributed by atoms with Crippen LogP contribution in [0.1, 0.15) is 18.1 Å². The maximum atomic E-state index is 9.99. The lowest BCUT2D eigenvalue weighted by atomic mass is 10.1. The molecule has 31 heavy (non-hydrogen) atoms. The molecule has 0 atom stereocenters. The van der Waals surface area contributed by atoms with Crippen molar-refractivity contribution in [2.75, 3.05) is 10.6 Å². The molecule has 0 bridgehead atoms. The molecule has 0 amide bonds. The highest BCUT2D eigenvalue weighted by Gasteiger charge is 2.14. The molecule has 3 aromatic heterocycles. The van der Waals surface area contributed by atoms with Gasteiger partial charge in [0.25, 0.3) is 0 Å². The number of nitrogens with zero attached hydrogens (tertiary/aromatic N) is 5. The minimum atomic E-state index is -0.240. The first-order chi connectivity index (χ1) is 15.0. The average Bonchev–Trinajstić information content (AvgIpc) is 2.77. The third-order valence-corrected chi connectivity index (χ3v) is 4.56. The monoisotopic (exact) mass is 412 g/mol. The molecule has 0 aliphatic carbocycles. The molecule has 0 spiro atoms. The zero-order valence-electron chi connectivity index (χ0n) is 17.0. The van der Waals surface area contributed by atoms with Crippen LogP contribution in [0, 0.1) is 12.3 Å². The van der Waals surface area contributed by atoms with Gasteiger partial charge in [0, 0.05) is 41.2 Å². The van der Waals surface area contributed by atoms with E-state index in [2.05, 4.69) is 35.6 Å². The standard InChI is InChI=1S/C22H20N8O/c1-13-5-6-16(28-20-19(14(2)23)21(31)27-12-26-20)10-18(13)30-22-25-9-7-17(29-22)15-4-3-8-24-11-15/h3-12,23H,1-2H3,(H,25,29,30)(H2,26,27,28,31). The first-order valence-corrected chi connectivity index (χ1v) is 9.49. The third kappa shape index (κ3) is 4.45. The fourth-order valence-corrected chi connectivity index (χ4v) is 3.00. The predicted octanol–water partition coefficient (Wildman–Crippen LogP) is 4.22. The third-order valence-electron chi connectivity index (χ3n) is 4.56. The predicted molar refractivity (Wildman–Crippen MR) is 119 cm³/mol. The molecule has 4 aromatic rings. The SMILES string of the molecule is CC(=N)c1c(O)ncnc1Nc1ccc(C)c(Nc2nccc(-c3cccnc3)n2)c1. The normalized spacial score (nSPS) is 10.5. The summed E-state index contributed by atoms with van der Waals surface area (Å²) in [6.45, 7) is 3.54. The largest absolute Gasteiger partial charge is 0.493 e. The van der Waals surface area contributed by atoms with Crippen molar-refractivity contribution in [3.05, 3.63) is 72.4 Å². The van der Waals surface area contributed by atoms with E-state index in [4.69, 9.17) is 5.41 Å². The molecular weight excluding hydrogens is 392 g/mol. The first-order valence-electron chi connectivity index (χ1n) is 9.49. The number of rotatable bonds is 6. The number of aromatic nitrogens is 5. The molecule has 0 saturated carbocycles. The Morgan fingerprint density at radius 1 is 1.03 bits per heavy atom. The fourth-order valence-electron chi connectivity index (χ4n) is 3.00. The van der Waals surface area contributed by atoms with Crippen LogP contribution in [0.2, 0.25) is 0 Å². The number of nitrogens with one attached hydrogen (secondary N) is 3. The van der Waals surface area contributed by atoms with Crippen LogP contribution >= 0.6 is 0 Å². The van der Waals surface area contributed by atoms with Gasteiger partial charge in [-0.3, -0.25) is 4.98 Å². The van der Waals surface area contributed by atoms with E-state index in [1.54, 1.807) is 25.5 Å². The smallest absolute Gasteiger partial charge is 0.227 e. The maximum Gasteiger partial charge on any atom is 0.227 e. The van der Waals surface area contributed by atoms with Crippen molar-refractivity contribution in [3.63, 3.8) is 0 Å². The lowest BCUT2D eigenvalue weighted by Gasteiger charge is -2.14. The van der Waals surface area contributed by atoms with E-state index in [9.17, 15) is 5.11 Å².